The average molecular weight is 530 g/mol. The number of aliphatic hydroxyl groups is 1. The van der Waals surface area contributed by atoms with E-state index in [4.69, 9.17) is 36.8 Å². The number of Topliss-reactive ketones (excluding diaryl/α,β-unsaturated/α-hetero) is 1. The number of methoxy groups -OCH3 is 1. The summed E-state index contributed by atoms with van der Waals surface area (Å²) >= 11 is 6.61. The van der Waals surface area contributed by atoms with Gasteiger partial charge in [0.25, 0.3) is 0 Å². The van der Waals surface area contributed by atoms with Gasteiger partial charge < -0.3 is 30.5 Å². The van der Waals surface area contributed by atoms with Gasteiger partial charge in [-0.25, -0.2) is 9.97 Å². The van der Waals surface area contributed by atoms with Crippen molar-refractivity contribution >= 4 is 28.8 Å². The van der Waals surface area contributed by atoms with Crippen molar-refractivity contribution in [2.75, 3.05) is 45.3 Å². The molecular weight excluding hydrogens is 494 g/mol. The van der Waals surface area contributed by atoms with Crippen LogP contribution in [0.4, 0.5) is 5.82 Å². The minimum atomic E-state index is -0.657. The van der Waals surface area contributed by atoms with E-state index in [0.717, 1.165) is 37.3 Å². The number of carbonyl (C=O) groups excluding carboxylic acids is 1. The molecule has 1 aliphatic heterocycles. The lowest BCUT2D eigenvalue weighted by Crippen LogP contribution is -2.67. The molecule has 1 unspecified atom stereocenters. The largest absolute Gasteiger partial charge is 0.491 e. The second-order valence-electron chi connectivity index (χ2n) is 10.1. The summed E-state index contributed by atoms with van der Waals surface area (Å²) in [5.74, 6) is 1.48. The molecule has 2 aromatic rings. The maximum atomic E-state index is 12.6. The lowest BCUT2D eigenvalue weighted by Gasteiger charge is -2.60. The van der Waals surface area contributed by atoms with E-state index in [-0.39, 0.29) is 23.9 Å². The quantitative estimate of drug-likeness (QED) is 0.398. The number of hydrogen-bond donors (Lipinski definition) is 3. The lowest BCUT2D eigenvalue weighted by molar-refractivity contribution is -0.111. The monoisotopic (exact) mass is 529 g/mol. The van der Waals surface area contributed by atoms with Crippen molar-refractivity contribution in [2.45, 2.75) is 45.8 Å². The standard InChI is InChI=1S/C27H36ClN5O4/c1-15-24(23(16(2)29)17(3)34)31-25(32-26(15)33-13-27(14-33)9-8-22(27)36-5)20-10-19(6-7-21(20)28)37-12-18(35)11-30-4/h6-7,10,18,22,30,35H,8-9,11-14,29H2,1-5H3/t18-,22?/m1/s1. The first kappa shape index (κ1) is 27.3. The Morgan fingerprint density at radius 3 is 2.65 bits per heavy atom. The van der Waals surface area contributed by atoms with Crippen LogP contribution in [0, 0.1) is 12.3 Å². The van der Waals surface area contributed by atoms with Crippen LogP contribution < -0.4 is 20.7 Å². The minimum Gasteiger partial charge on any atom is -0.491 e. The van der Waals surface area contributed by atoms with Crippen molar-refractivity contribution in [3.63, 3.8) is 0 Å². The number of likely N-dealkylation sites (N-methyl/N-ethyl adjacent to an activating group) is 1. The van der Waals surface area contributed by atoms with Crippen LogP contribution in [-0.4, -0.2) is 73.5 Å². The maximum Gasteiger partial charge on any atom is 0.163 e. The van der Waals surface area contributed by atoms with Crippen LogP contribution in [0.15, 0.2) is 23.9 Å². The van der Waals surface area contributed by atoms with Gasteiger partial charge in [-0.1, -0.05) is 11.6 Å². The number of allylic oxidation sites excluding steroid dienone is 2. The van der Waals surface area contributed by atoms with Crippen LogP contribution in [0.1, 0.15) is 37.9 Å². The van der Waals surface area contributed by atoms with Gasteiger partial charge >= 0.3 is 0 Å². The van der Waals surface area contributed by atoms with Crippen molar-refractivity contribution in [1.82, 2.24) is 15.3 Å². The SMILES string of the molecule is CNC[C@@H](O)COc1ccc(Cl)c(-c2nc(C(C(C)=O)=C(C)N)c(C)c(N3CC4(CCC4OC)C3)n2)c1. The summed E-state index contributed by atoms with van der Waals surface area (Å²) in [7, 11) is 3.53. The molecule has 1 aliphatic carbocycles. The zero-order chi connectivity index (χ0) is 26.9. The smallest absolute Gasteiger partial charge is 0.163 e. The zero-order valence-corrected chi connectivity index (χ0v) is 22.9. The highest BCUT2D eigenvalue weighted by atomic mass is 35.5. The summed E-state index contributed by atoms with van der Waals surface area (Å²) < 4.78 is 11.5. The van der Waals surface area contributed by atoms with Gasteiger partial charge in [0, 0.05) is 49.0 Å². The number of nitrogens with two attached hydrogens (primary N) is 1. The molecule has 9 nitrogen and oxygen atoms in total. The lowest BCUT2D eigenvalue weighted by atomic mass is 9.61. The number of anilines is 1. The molecule has 2 aliphatic rings. The summed E-state index contributed by atoms with van der Waals surface area (Å²) in [6.45, 7) is 7.28. The van der Waals surface area contributed by atoms with E-state index in [9.17, 15) is 9.90 Å². The van der Waals surface area contributed by atoms with Crippen molar-refractivity contribution in [3.05, 3.63) is 40.2 Å². The van der Waals surface area contributed by atoms with Gasteiger partial charge in [0.2, 0.25) is 0 Å². The van der Waals surface area contributed by atoms with E-state index in [0.29, 0.717) is 45.7 Å². The van der Waals surface area contributed by atoms with Crippen LogP contribution in [0.25, 0.3) is 17.0 Å². The van der Waals surface area contributed by atoms with Crippen LogP contribution in [0.5, 0.6) is 5.75 Å². The van der Waals surface area contributed by atoms with Crippen LogP contribution in [0.3, 0.4) is 0 Å². The molecule has 0 amide bonds. The van der Waals surface area contributed by atoms with E-state index in [1.807, 2.05) is 6.92 Å². The van der Waals surface area contributed by atoms with Gasteiger partial charge in [0.05, 0.1) is 22.4 Å². The third-order valence-corrected chi connectivity index (χ3v) is 7.68. The minimum absolute atomic E-state index is 0.118. The fraction of sp³-hybridized carbons (Fsp3) is 0.519. The summed E-state index contributed by atoms with van der Waals surface area (Å²) in [5.41, 5.74) is 8.92. The Morgan fingerprint density at radius 2 is 2.08 bits per heavy atom. The van der Waals surface area contributed by atoms with Crippen LogP contribution >= 0.6 is 11.6 Å². The molecule has 10 heteroatoms. The van der Waals surface area contributed by atoms with Crippen molar-refractivity contribution in [3.8, 4) is 17.1 Å². The maximum absolute atomic E-state index is 12.6. The van der Waals surface area contributed by atoms with E-state index in [1.165, 1.54) is 6.92 Å². The molecule has 1 spiro atoms. The molecule has 1 aromatic heterocycles. The summed E-state index contributed by atoms with van der Waals surface area (Å²) in [6, 6.07) is 5.20. The predicted octanol–water partition coefficient (Wildman–Crippen LogP) is 2.96. The molecule has 4 rings (SSSR count). The molecule has 0 bridgehead atoms. The molecular formula is C27H36ClN5O4. The van der Waals surface area contributed by atoms with E-state index in [1.54, 1.807) is 39.3 Å². The van der Waals surface area contributed by atoms with Gasteiger partial charge in [0.1, 0.15) is 24.3 Å². The molecule has 200 valence electrons. The molecule has 2 fully saturated rings. The Balaban J connectivity index is 1.76. The second-order valence-corrected chi connectivity index (χ2v) is 10.5. The number of benzene rings is 1. The molecule has 0 radical (unpaired) electrons. The van der Waals surface area contributed by atoms with Gasteiger partial charge in [-0.2, -0.15) is 0 Å². The second kappa shape index (κ2) is 10.9. The number of ether oxygens (including phenoxy) is 2. The summed E-state index contributed by atoms with van der Waals surface area (Å²) in [6.07, 6.45) is 1.79. The first-order valence-electron chi connectivity index (χ1n) is 12.5. The summed E-state index contributed by atoms with van der Waals surface area (Å²) in [5, 5.41) is 13.4. The molecule has 2 atom stereocenters. The highest BCUT2D eigenvalue weighted by molar-refractivity contribution is 6.33. The highest BCUT2D eigenvalue weighted by Gasteiger charge is 2.55. The predicted molar refractivity (Wildman–Crippen MR) is 145 cm³/mol. The number of ketones is 1. The average Bonchev–Trinajstić information content (AvgIpc) is 2.79. The van der Waals surface area contributed by atoms with Gasteiger partial charge in [-0.3, -0.25) is 4.79 Å². The summed E-state index contributed by atoms with van der Waals surface area (Å²) in [4.78, 5) is 24.5. The molecule has 1 saturated heterocycles. The molecule has 1 aromatic carbocycles. The number of aliphatic hydroxyl groups excluding tert-OH is 1. The van der Waals surface area contributed by atoms with Crippen molar-refractivity contribution in [2.24, 2.45) is 11.1 Å². The van der Waals surface area contributed by atoms with Gasteiger partial charge in [0.15, 0.2) is 11.6 Å². The van der Waals surface area contributed by atoms with Crippen molar-refractivity contribution in [1.29, 1.82) is 0 Å². The van der Waals surface area contributed by atoms with Gasteiger partial charge in [-0.15, -0.1) is 0 Å². The third-order valence-electron chi connectivity index (χ3n) is 7.35. The van der Waals surface area contributed by atoms with Crippen molar-refractivity contribution < 1.29 is 19.4 Å². The van der Waals surface area contributed by atoms with E-state index < -0.39 is 6.10 Å². The van der Waals surface area contributed by atoms with Crippen LogP contribution in [-0.2, 0) is 9.53 Å². The number of nitrogens with one attached hydrogen (secondary N) is 1. The fourth-order valence-electron chi connectivity index (χ4n) is 5.32. The Morgan fingerprint density at radius 1 is 1.35 bits per heavy atom. The van der Waals surface area contributed by atoms with Gasteiger partial charge in [-0.05, 0) is 58.9 Å². The Bertz CT molecular complexity index is 1210. The normalized spacial score (nSPS) is 19.6. The molecule has 37 heavy (non-hydrogen) atoms. The zero-order valence-electron chi connectivity index (χ0n) is 22.1. The third kappa shape index (κ3) is 5.31. The fourth-order valence-corrected chi connectivity index (χ4v) is 5.53. The first-order chi connectivity index (χ1) is 17.6. The number of rotatable bonds is 10. The molecule has 4 N–H and O–H groups in total. The van der Waals surface area contributed by atoms with Crippen LogP contribution in [0.2, 0.25) is 5.02 Å². The number of hydrogen-bond acceptors (Lipinski definition) is 9. The number of nitrogens with zero attached hydrogens (tertiary/aromatic N) is 3. The number of aromatic nitrogens is 2. The highest BCUT2D eigenvalue weighted by Crippen LogP contribution is 2.51. The Labute approximate surface area is 223 Å². The van der Waals surface area contributed by atoms with E-state index >= 15 is 0 Å². The Hall–Kier alpha value is -2.72. The Kier molecular flexibility index (Phi) is 8.08. The number of halogens is 1. The molecule has 2 heterocycles. The first-order valence-corrected chi connectivity index (χ1v) is 12.9. The topological polar surface area (TPSA) is 123 Å². The molecule has 1 saturated carbocycles. The van der Waals surface area contributed by atoms with E-state index in [2.05, 4.69) is 10.2 Å². The number of carbonyl (C=O) groups is 1.